The van der Waals surface area contributed by atoms with Crippen molar-refractivity contribution in [2.75, 3.05) is 5.75 Å². The van der Waals surface area contributed by atoms with E-state index in [1.54, 1.807) is 29.9 Å². The fraction of sp³-hybridized carbons (Fsp3) is 0.273. The number of aromatic nitrogens is 3. The van der Waals surface area contributed by atoms with Crippen LogP contribution in [0.3, 0.4) is 0 Å². The zero-order chi connectivity index (χ0) is 13.8. The third-order valence-electron chi connectivity index (χ3n) is 2.26. The van der Waals surface area contributed by atoms with Gasteiger partial charge in [-0.1, -0.05) is 23.1 Å². The summed E-state index contributed by atoms with van der Waals surface area (Å²) in [5.41, 5.74) is 0.449. The average Bonchev–Trinajstić information content (AvgIpc) is 2.95. The van der Waals surface area contributed by atoms with Crippen LogP contribution in [-0.2, 0) is 11.8 Å². The number of rotatable bonds is 4. The van der Waals surface area contributed by atoms with Gasteiger partial charge in [0.25, 0.3) is 5.91 Å². The monoisotopic (exact) mass is 296 g/mol. The van der Waals surface area contributed by atoms with E-state index in [-0.39, 0.29) is 11.7 Å². The van der Waals surface area contributed by atoms with Crippen LogP contribution in [0.5, 0.6) is 0 Å². The van der Waals surface area contributed by atoms with Gasteiger partial charge in [0.05, 0.1) is 5.75 Å². The van der Waals surface area contributed by atoms with Crippen molar-refractivity contribution in [1.29, 1.82) is 0 Å². The largest absolute Gasteiger partial charge is 0.347 e. The number of thioether (sulfide) groups is 1. The summed E-state index contributed by atoms with van der Waals surface area (Å²) in [7, 11) is 1.75. The van der Waals surface area contributed by atoms with E-state index in [4.69, 9.17) is 0 Å². The van der Waals surface area contributed by atoms with Gasteiger partial charge < -0.3 is 4.57 Å². The summed E-state index contributed by atoms with van der Waals surface area (Å²) >= 11 is 2.69. The normalized spacial score (nSPS) is 10.4. The number of nitrogens with one attached hydrogen (secondary N) is 1. The number of imide groups is 1. The second-order valence-corrected chi connectivity index (χ2v) is 6.16. The highest BCUT2D eigenvalue weighted by Crippen LogP contribution is 2.21. The SMILES string of the molecule is Cc1nnc(SCC(=O)NC(=O)c2cccn2C)s1. The van der Waals surface area contributed by atoms with Gasteiger partial charge in [0, 0.05) is 13.2 Å². The fourth-order valence-corrected chi connectivity index (χ4v) is 3.00. The molecule has 2 heterocycles. The quantitative estimate of drug-likeness (QED) is 0.859. The molecule has 8 heteroatoms. The lowest BCUT2D eigenvalue weighted by atomic mass is 10.4. The number of nitrogens with zero attached hydrogens (tertiary/aromatic N) is 3. The van der Waals surface area contributed by atoms with Crippen LogP contribution in [0.15, 0.2) is 22.7 Å². The van der Waals surface area contributed by atoms with Gasteiger partial charge in [-0.2, -0.15) is 0 Å². The van der Waals surface area contributed by atoms with Crippen LogP contribution < -0.4 is 5.32 Å². The molecule has 0 bridgehead atoms. The maximum absolute atomic E-state index is 11.8. The molecule has 6 nitrogen and oxygen atoms in total. The smallest absolute Gasteiger partial charge is 0.274 e. The van der Waals surface area contributed by atoms with Crippen molar-refractivity contribution in [3.8, 4) is 0 Å². The molecule has 0 aliphatic rings. The highest BCUT2D eigenvalue weighted by atomic mass is 32.2. The summed E-state index contributed by atoms with van der Waals surface area (Å²) in [5, 5.41) is 10.9. The van der Waals surface area contributed by atoms with E-state index in [2.05, 4.69) is 15.5 Å². The van der Waals surface area contributed by atoms with Crippen LogP contribution in [0.25, 0.3) is 0 Å². The first-order chi connectivity index (χ1) is 9.06. The van der Waals surface area contributed by atoms with Crippen molar-refractivity contribution in [1.82, 2.24) is 20.1 Å². The molecule has 2 aromatic heterocycles. The van der Waals surface area contributed by atoms with Crippen LogP contribution in [0.1, 0.15) is 15.5 Å². The van der Waals surface area contributed by atoms with Gasteiger partial charge in [-0.05, 0) is 19.1 Å². The van der Waals surface area contributed by atoms with E-state index < -0.39 is 5.91 Å². The lowest BCUT2D eigenvalue weighted by Gasteiger charge is -2.04. The first-order valence-corrected chi connectivity index (χ1v) is 7.25. The van der Waals surface area contributed by atoms with E-state index in [1.165, 1.54) is 23.1 Å². The van der Waals surface area contributed by atoms with Crippen LogP contribution in [-0.4, -0.2) is 32.3 Å². The van der Waals surface area contributed by atoms with Crippen molar-refractivity contribution in [3.63, 3.8) is 0 Å². The van der Waals surface area contributed by atoms with E-state index in [0.29, 0.717) is 5.69 Å². The van der Waals surface area contributed by atoms with Gasteiger partial charge in [0.2, 0.25) is 5.91 Å². The number of carbonyl (C=O) groups excluding carboxylic acids is 2. The molecule has 0 radical (unpaired) electrons. The predicted octanol–water partition coefficient (Wildman–Crippen LogP) is 1.23. The van der Waals surface area contributed by atoms with Crippen LogP contribution in [0, 0.1) is 6.92 Å². The lowest BCUT2D eigenvalue weighted by Crippen LogP contribution is -2.32. The molecule has 2 amide bonds. The Balaban J connectivity index is 1.85. The standard InChI is InChI=1S/C11H12N4O2S2/c1-7-13-14-11(19-7)18-6-9(16)12-10(17)8-4-3-5-15(8)2/h3-5H,6H2,1-2H3,(H,12,16,17). The summed E-state index contributed by atoms with van der Waals surface area (Å²) in [6.45, 7) is 1.85. The molecular weight excluding hydrogens is 284 g/mol. The molecule has 0 aromatic carbocycles. The highest BCUT2D eigenvalue weighted by Gasteiger charge is 2.13. The van der Waals surface area contributed by atoms with Gasteiger partial charge >= 0.3 is 0 Å². The Morgan fingerprint density at radius 3 is 2.84 bits per heavy atom. The van der Waals surface area contributed by atoms with Crippen molar-refractivity contribution in [3.05, 3.63) is 29.0 Å². The summed E-state index contributed by atoms with van der Waals surface area (Å²) in [4.78, 5) is 23.4. The van der Waals surface area contributed by atoms with Crippen LogP contribution in [0.2, 0.25) is 0 Å². The Morgan fingerprint density at radius 1 is 1.47 bits per heavy atom. The number of hydrogen-bond donors (Lipinski definition) is 1. The highest BCUT2D eigenvalue weighted by molar-refractivity contribution is 8.01. The Bertz CT molecular complexity index is 605. The zero-order valence-corrected chi connectivity index (χ0v) is 12.0. The number of carbonyl (C=O) groups is 2. The minimum absolute atomic E-state index is 0.144. The first kappa shape index (κ1) is 13.8. The first-order valence-electron chi connectivity index (χ1n) is 5.44. The molecule has 1 N–H and O–H groups in total. The summed E-state index contributed by atoms with van der Waals surface area (Å²) in [6, 6.07) is 3.40. The molecule has 19 heavy (non-hydrogen) atoms. The molecule has 0 saturated heterocycles. The van der Waals surface area contributed by atoms with Crippen molar-refractivity contribution < 1.29 is 9.59 Å². The molecule has 0 aliphatic carbocycles. The molecule has 2 aromatic rings. The van der Waals surface area contributed by atoms with E-state index in [1.807, 2.05) is 6.92 Å². The van der Waals surface area contributed by atoms with Crippen LogP contribution in [0.4, 0.5) is 0 Å². The van der Waals surface area contributed by atoms with Gasteiger partial charge in [-0.25, -0.2) is 0 Å². The average molecular weight is 296 g/mol. The molecule has 100 valence electrons. The lowest BCUT2D eigenvalue weighted by molar-refractivity contribution is -0.117. The topological polar surface area (TPSA) is 76.9 Å². The molecule has 0 aliphatic heterocycles. The Labute approximate surface area is 118 Å². The molecule has 0 saturated carbocycles. The van der Waals surface area contributed by atoms with Crippen molar-refractivity contribution in [2.24, 2.45) is 7.05 Å². The summed E-state index contributed by atoms with van der Waals surface area (Å²) < 4.78 is 2.38. The summed E-state index contributed by atoms with van der Waals surface area (Å²) in [6.07, 6.45) is 1.75. The third-order valence-corrected chi connectivity index (χ3v) is 4.24. The molecule has 2 rings (SSSR count). The summed E-state index contributed by atoms with van der Waals surface area (Å²) in [5.74, 6) is -0.597. The molecule has 0 spiro atoms. The maximum atomic E-state index is 11.8. The predicted molar refractivity (Wildman–Crippen MR) is 73.3 cm³/mol. The minimum Gasteiger partial charge on any atom is -0.347 e. The van der Waals surface area contributed by atoms with Gasteiger partial charge in [-0.15, -0.1) is 10.2 Å². The number of amides is 2. The second kappa shape index (κ2) is 5.98. The second-order valence-electron chi connectivity index (χ2n) is 3.76. The molecule has 0 atom stereocenters. The van der Waals surface area contributed by atoms with Crippen LogP contribution >= 0.6 is 23.1 Å². The number of hydrogen-bond acceptors (Lipinski definition) is 6. The van der Waals surface area contributed by atoms with E-state index in [0.717, 1.165) is 9.35 Å². The Hall–Kier alpha value is -1.67. The van der Waals surface area contributed by atoms with Crippen molar-refractivity contribution in [2.45, 2.75) is 11.3 Å². The van der Waals surface area contributed by atoms with E-state index >= 15 is 0 Å². The van der Waals surface area contributed by atoms with Crippen molar-refractivity contribution >= 4 is 34.9 Å². The van der Waals surface area contributed by atoms with Gasteiger partial charge in [0.15, 0.2) is 4.34 Å². The zero-order valence-electron chi connectivity index (χ0n) is 10.4. The fourth-order valence-electron chi connectivity index (χ4n) is 1.39. The van der Waals surface area contributed by atoms with E-state index in [9.17, 15) is 9.59 Å². The molecule has 0 unspecified atom stereocenters. The van der Waals surface area contributed by atoms with Gasteiger partial charge in [0.1, 0.15) is 10.7 Å². The minimum atomic E-state index is -0.397. The molecule has 0 fully saturated rings. The Kier molecular flexibility index (Phi) is 4.33. The molecular formula is C11H12N4O2S2. The van der Waals surface area contributed by atoms with Gasteiger partial charge in [-0.3, -0.25) is 14.9 Å². The third kappa shape index (κ3) is 3.65. The number of aryl methyl sites for hydroxylation is 2. The maximum Gasteiger partial charge on any atom is 0.274 e. The Morgan fingerprint density at radius 2 is 2.26 bits per heavy atom.